The van der Waals surface area contributed by atoms with Crippen molar-refractivity contribution >= 4 is 17.9 Å². The summed E-state index contributed by atoms with van der Waals surface area (Å²) in [6.45, 7) is 0.112. The number of hydrogen-bond acceptors (Lipinski definition) is 4. The van der Waals surface area contributed by atoms with E-state index >= 15 is 0 Å². The maximum Gasteiger partial charge on any atom is 0.321 e. The number of rotatable bonds is 6. The lowest BCUT2D eigenvalue weighted by Gasteiger charge is -2.13. The minimum atomic E-state index is -0.599. The fourth-order valence-electron chi connectivity index (χ4n) is 2.25. The molecule has 0 bridgehead atoms. The average molecular weight is 294 g/mol. The van der Waals surface area contributed by atoms with E-state index in [0.29, 0.717) is 6.54 Å². The third-order valence-corrected chi connectivity index (χ3v) is 3.63. The Morgan fingerprint density at radius 1 is 1.24 bits per heavy atom. The minimum Gasteiger partial charge on any atom is -0.455 e. The van der Waals surface area contributed by atoms with E-state index in [-0.39, 0.29) is 11.9 Å². The summed E-state index contributed by atoms with van der Waals surface area (Å²) in [6, 6.07) is -0.543. The quantitative estimate of drug-likeness (QED) is 0.576. The van der Waals surface area contributed by atoms with Crippen LogP contribution in [0.1, 0.15) is 44.9 Å². The molecule has 1 fully saturated rings. The summed E-state index contributed by atoms with van der Waals surface area (Å²) in [5.74, 6) is -0.997. The summed E-state index contributed by atoms with van der Waals surface area (Å²) in [5.41, 5.74) is 1.37. The van der Waals surface area contributed by atoms with Gasteiger partial charge in [0.05, 0.1) is 5.92 Å². The van der Waals surface area contributed by atoms with Gasteiger partial charge in [-0.05, 0) is 44.9 Å². The molecule has 6 nitrogen and oxygen atoms in total. The second-order valence-corrected chi connectivity index (χ2v) is 5.54. The normalized spacial score (nSPS) is 17.6. The molecule has 6 heteroatoms. The molecule has 1 saturated carbocycles. The van der Waals surface area contributed by atoms with Gasteiger partial charge in [0.15, 0.2) is 6.61 Å². The highest BCUT2D eigenvalue weighted by Gasteiger charge is 2.31. The molecular formula is C15H22N2O4. The van der Waals surface area contributed by atoms with Crippen LogP contribution in [-0.4, -0.2) is 31.1 Å². The van der Waals surface area contributed by atoms with Crippen molar-refractivity contribution in [2.24, 2.45) is 5.92 Å². The smallest absolute Gasteiger partial charge is 0.321 e. The Labute approximate surface area is 124 Å². The van der Waals surface area contributed by atoms with Crippen LogP contribution in [0.4, 0.5) is 4.79 Å². The van der Waals surface area contributed by atoms with Crippen LogP contribution in [-0.2, 0) is 14.3 Å². The van der Waals surface area contributed by atoms with E-state index in [9.17, 15) is 14.4 Å². The highest BCUT2D eigenvalue weighted by Crippen LogP contribution is 2.29. The Bertz CT molecular complexity index is 441. The molecule has 0 aromatic rings. The first-order valence-electron chi connectivity index (χ1n) is 7.57. The lowest BCUT2D eigenvalue weighted by molar-refractivity contribution is -0.149. The fraction of sp³-hybridized carbons (Fsp3) is 0.667. The van der Waals surface area contributed by atoms with E-state index in [0.717, 1.165) is 32.1 Å². The summed E-state index contributed by atoms with van der Waals surface area (Å²) in [5, 5.41) is 4.78. The van der Waals surface area contributed by atoms with Gasteiger partial charge in [-0.1, -0.05) is 11.6 Å². The maximum absolute atomic E-state index is 11.5. The molecule has 21 heavy (non-hydrogen) atoms. The van der Waals surface area contributed by atoms with Crippen LogP contribution in [0.3, 0.4) is 0 Å². The number of imide groups is 1. The van der Waals surface area contributed by atoms with Crippen LogP contribution in [0.5, 0.6) is 0 Å². The standard InChI is InChI=1S/C15H22N2O4/c18-13(10-21-14(19)12-6-7-12)17-15(20)16-9-8-11-4-2-1-3-5-11/h4,12H,1-3,5-10H2,(H2,16,17,18,20). The van der Waals surface area contributed by atoms with Gasteiger partial charge >= 0.3 is 12.0 Å². The molecule has 3 amide bonds. The minimum absolute atomic E-state index is 0.0459. The van der Waals surface area contributed by atoms with E-state index in [2.05, 4.69) is 16.7 Å². The Hall–Kier alpha value is -1.85. The first kappa shape index (κ1) is 15.5. The van der Waals surface area contributed by atoms with E-state index in [4.69, 9.17) is 4.74 Å². The van der Waals surface area contributed by atoms with Crippen molar-refractivity contribution in [3.8, 4) is 0 Å². The number of allylic oxidation sites excluding steroid dienone is 1. The van der Waals surface area contributed by atoms with Gasteiger partial charge in [-0.25, -0.2) is 4.79 Å². The van der Waals surface area contributed by atoms with Gasteiger partial charge in [0.25, 0.3) is 5.91 Å². The number of esters is 1. The molecule has 0 spiro atoms. The van der Waals surface area contributed by atoms with Crippen LogP contribution in [0.2, 0.25) is 0 Å². The van der Waals surface area contributed by atoms with E-state index < -0.39 is 18.5 Å². The highest BCUT2D eigenvalue weighted by molar-refractivity contribution is 5.95. The van der Waals surface area contributed by atoms with Crippen molar-refractivity contribution in [2.45, 2.75) is 44.9 Å². The SMILES string of the molecule is O=C(COC(=O)C1CC1)NC(=O)NCCC1=CCCCC1. The molecule has 0 unspecified atom stereocenters. The zero-order valence-corrected chi connectivity index (χ0v) is 12.2. The molecular weight excluding hydrogens is 272 g/mol. The van der Waals surface area contributed by atoms with Crippen molar-refractivity contribution in [1.29, 1.82) is 0 Å². The summed E-state index contributed by atoms with van der Waals surface area (Å²) >= 11 is 0. The van der Waals surface area contributed by atoms with E-state index in [1.54, 1.807) is 0 Å². The van der Waals surface area contributed by atoms with Gasteiger partial charge in [0.1, 0.15) is 0 Å². The zero-order valence-electron chi connectivity index (χ0n) is 12.2. The third-order valence-electron chi connectivity index (χ3n) is 3.63. The van der Waals surface area contributed by atoms with Gasteiger partial charge < -0.3 is 10.1 Å². The lowest BCUT2D eigenvalue weighted by atomic mass is 9.97. The Morgan fingerprint density at radius 2 is 2.05 bits per heavy atom. The van der Waals surface area contributed by atoms with Crippen LogP contribution in [0.15, 0.2) is 11.6 Å². The van der Waals surface area contributed by atoms with Crippen LogP contribution >= 0.6 is 0 Å². The lowest BCUT2D eigenvalue weighted by Crippen LogP contribution is -2.41. The fourth-order valence-corrected chi connectivity index (χ4v) is 2.25. The van der Waals surface area contributed by atoms with Gasteiger partial charge in [0.2, 0.25) is 0 Å². The van der Waals surface area contributed by atoms with Gasteiger partial charge in [0, 0.05) is 6.54 Å². The summed E-state index contributed by atoms with van der Waals surface area (Å²) < 4.78 is 4.79. The largest absolute Gasteiger partial charge is 0.455 e. The molecule has 0 radical (unpaired) electrons. The number of carbonyl (C=O) groups excluding carboxylic acids is 3. The molecule has 0 atom stereocenters. The number of carbonyl (C=O) groups is 3. The first-order chi connectivity index (χ1) is 10.1. The highest BCUT2D eigenvalue weighted by atomic mass is 16.5. The van der Waals surface area contributed by atoms with E-state index in [1.165, 1.54) is 18.4 Å². The Kier molecular flexibility index (Phi) is 5.78. The molecule has 116 valence electrons. The van der Waals surface area contributed by atoms with Crippen molar-refractivity contribution in [1.82, 2.24) is 10.6 Å². The summed E-state index contributed by atoms with van der Waals surface area (Å²) in [4.78, 5) is 34.1. The van der Waals surface area contributed by atoms with Crippen molar-refractivity contribution in [2.75, 3.05) is 13.2 Å². The number of hydrogen-bond donors (Lipinski definition) is 2. The zero-order chi connectivity index (χ0) is 15.1. The van der Waals surface area contributed by atoms with Crippen molar-refractivity contribution in [3.05, 3.63) is 11.6 Å². The van der Waals surface area contributed by atoms with Crippen molar-refractivity contribution in [3.63, 3.8) is 0 Å². The number of urea groups is 1. The number of nitrogens with one attached hydrogen (secondary N) is 2. The van der Waals surface area contributed by atoms with Crippen LogP contribution in [0.25, 0.3) is 0 Å². The average Bonchev–Trinajstić information content (AvgIpc) is 3.30. The Balaban J connectivity index is 1.54. The summed E-state index contributed by atoms with van der Waals surface area (Å²) in [7, 11) is 0. The molecule has 2 aliphatic rings. The third kappa shape index (κ3) is 5.97. The number of amides is 3. The van der Waals surface area contributed by atoms with Crippen LogP contribution in [0, 0.1) is 5.92 Å². The number of ether oxygens (including phenoxy) is 1. The maximum atomic E-state index is 11.5. The second kappa shape index (κ2) is 7.81. The molecule has 2 rings (SSSR count). The summed E-state index contributed by atoms with van der Waals surface area (Å²) in [6.07, 6.45) is 9.37. The molecule has 0 aromatic carbocycles. The van der Waals surface area contributed by atoms with Gasteiger partial charge in [-0.15, -0.1) is 0 Å². The van der Waals surface area contributed by atoms with Gasteiger partial charge in [-0.2, -0.15) is 0 Å². The molecule has 0 saturated heterocycles. The topological polar surface area (TPSA) is 84.5 Å². The molecule has 2 N–H and O–H groups in total. The molecule has 0 heterocycles. The molecule has 0 aliphatic heterocycles. The van der Waals surface area contributed by atoms with E-state index in [1.807, 2.05) is 0 Å². The van der Waals surface area contributed by atoms with Crippen molar-refractivity contribution < 1.29 is 19.1 Å². The predicted molar refractivity (Wildman–Crippen MR) is 76.4 cm³/mol. The molecule has 2 aliphatic carbocycles. The monoisotopic (exact) mass is 294 g/mol. The first-order valence-corrected chi connectivity index (χ1v) is 7.57. The van der Waals surface area contributed by atoms with Crippen LogP contribution < -0.4 is 10.6 Å². The molecule has 0 aromatic heterocycles. The predicted octanol–water partition coefficient (Wildman–Crippen LogP) is 1.66. The second-order valence-electron chi connectivity index (χ2n) is 5.54. The van der Waals surface area contributed by atoms with Gasteiger partial charge in [-0.3, -0.25) is 14.9 Å². The Morgan fingerprint density at radius 3 is 2.71 bits per heavy atom.